The zero-order valence-electron chi connectivity index (χ0n) is 9.47. The molecule has 17 heavy (non-hydrogen) atoms. The van der Waals surface area contributed by atoms with Gasteiger partial charge < -0.3 is 4.90 Å². The molecule has 1 fully saturated rings. The van der Waals surface area contributed by atoms with Gasteiger partial charge in [0, 0.05) is 30.5 Å². The zero-order valence-corrected chi connectivity index (χ0v) is 10.3. The van der Waals surface area contributed by atoms with Crippen LogP contribution in [0.4, 0.5) is 5.13 Å². The minimum absolute atomic E-state index is 0.657. The van der Waals surface area contributed by atoms with Crippen molar-refractivity contribution in [3.63, 3.8) is 0 Å². The van der Waals surface area contributed by atoms with Gasteiger partial charge in [0.05, 0.1) is 0 Å². The highest BCUT2D eigenvalue weighted by Gasteiger charge is 2.29. The maximum absolute atomic E-state index is 4.67. The molecule has 2 aromatic rings. The first-order valence-electron chi connectivity index (χ1n) is 6.05. The van der Waals surface area contributed by atoms with E-state index in [0.717, 1.165) is 24.0 Å². The molecule has 4 rings (SSSR count). The molecular formula is C13H13N3S. The van der Waals surface area contributed by atoms with Crippen LogP contribution in [0.2, 0.25) is 0 Å². The van der Waals surface area contributed by atoms with Crippen LogP contribution in [0.5, 0.6) is 0 Å². The van der Waals surface area contributed by atoms with Gasteiger partial charge in [0.15, 0.2) is 0 Å². The standard InChI is InChI=1S/C13H13N3S/c1-2-4-11-8-16(7-10(11)3-1)13-14-12(15-17-13)9-5-6-9/h1-4,9H,5-8H2. The molecule has 1 aromatic heterocycles. The molecule has 86 valence electrons. The van der Waals surface area contributed by atoms with Crippen LogP contribution in [0.1, 0.15) is 35.7 Å². The Hall–Kier alpha value is -1.42. The summed E-state index contributed by atoms with van der Waals surface area (Å²) in [6.07, 6.45) is 2.55. The van der Waals surface area contributed by atoms with E-state index in [2.05, 4.69) is 38.5 Å². The van der Waals surface area contributed by atoms with E-state index in [1.165, 1.54) is 24.0 Å². The van der Waals surface area contributed by atoms with Crippen molar-refractivity contribution >= 4 is 16.7 Å². The number of hydrogen-bond acceptors (Lipinski definition) is 4. The van der Waals surface area contributed by atoms with E-state index in [4.69, 9.17) is 0 Å². The maximum atomic E-state index is 4.67. The van der Waals surface area contributed by atoms with Crippen LogP contribution >= 0.6 is 11.5 Å². The second kappa shape index (κ2) is 3.53. The average Bonchev–Trinajstić information content (AvgIpc) is 2.94. The molecule has 0 spiro atoms. The third kappa shape index (κ3) is 1.63. The highest BCUT2D eigenvalue weighted by Crippen LogP contribution is 2.40. The van der Waals surface area contributed by atoms with Crippen molar-refractivity contribution in [1.82, 2.24) is 9.36 Å². The molecule has 0 unspecified atom stereocenters. The number of rotatable bonds is 2. The largest absolute Gasteiger partial charge is 0.338 e. The number of fused-ring (bicyclic) bond motifs is 1. The topological polar surface area (TPSA) is 29.0 Å². The quantitative estimate of drug-likeness (QED) is 0.812. The summed E-state index contributed by atoms with van der Waals surface area (Å²) < 4.78 is 4.47. The van der Waals surface area contributed by atoms with Crippen LogP contribution < -0.4 is 4.90 Å². The highest BCUT2D eigenvalue weighted by molar-refractivity contribution is 7.09. The third-order valence-electron chi connectivity index (χ3n) is 3.48. The van der Waals surface area contributed by atoms with E-state index < -0.39 is 0 Å². The summed E-state index contributed by atoms with van der Waals surface area (Å²) in [5, 5.41) is 1.09. The third-order valence-corrected chi connectivity index (χ3v) is 4.28. The molecule has 0 N–H and O–H groups in total. The Balaban J connectivity index is 1.60. The molecule has 1 aliphatic heterocycles. The van der Waals surface area contributed by atoms with Crippen molar-refractivity contribution < 1.29 is 0 Å². The minimum atomic E-state index is 0.657. The second-order valence-electron chi connectivity index (χ2n) is 4.83. The molecule has 0 saturated heterocycles. The predicted octanol–water partition coefficient (Wildman–Crippen LogP) is 2.94. The number of benzene rings is 1. The first kappa shape index (κ1) is 9.59. The molecule has 2 heterocycles. The van der Waals surface area contributed by atoms with Crippen molar-refractivity contribution in [2.45, 2.75) is 31.8 Å². The van der Waals surface area contributed by atoms with Crippen molar-refractivity contribution in [2.24, 2.45) is 0 Å². The number of anilines is 1. The summed E-state index contributed by atoms with van der Waals surface area (Å²) >= 11 is 1.55. The Labute approximate surface area is 104 Å². The summed E-state index contributed by atoms with van der Waals surface area (Å²) in [6.45, 7) is 1.96. The van der Waals surface area contributed by atoms with E-state index >= 15 is 0 Å². The Morgan fingerprint density at radius 3 is 2.47 bits per heavy atom. The fraction of sp³-hybridized carbons (Fsp3) is 0.385. The molecule has 2 aliphatic rings. The van der Waals surface area contributed by atoms with Crippen molar-refractivity contribution in [1.29, 1.82) is 0 Å². The van der Waals surface area contributed by atoms with Gasteiger partial charge in [-0.1, -0.05) is 24.3 Å². The van der Waals surface area contributed by atoms with Crippen LogP contribution in [-0.2, 0) is 13.1 Å². The van der Waals surface area contributed by atoms with E-state index in [0.29, 0.717) is 5.92 Å². The molecule has 1 saturated carbocycles. The zero-order chi connectivity index (χ0) is 11.2. The Morgan fingerprint density at radius 2 is 1.82 bits per heavy atom. The molecule has 4 heteroatoms. The Bertz CT molecular complexity index is 534. The lowest BCUT2D eigenvalue weighted by Crippen LogP contribution is -2.14. The molecule has 0 amide bonds. The van der Waals surface area contributed by atoms with Crippen LogP contribution in [0.3, 0.4) is 0 Å². The number of aromatic nitrogens is 2. The lowest BCUT2D eigenvalue weighted by Gasteiger charge is -2.11. The Morgan fingerprint density at radius 1 is 1.12 bits per heavy atom. The van der Waals surface area contributed by atoms with Gasteiger partial charge in [-0.15, -0.1) is 0 Å². The fourth-order valence-corrected chi connectivity index (χ4v) is 3.07. The summed E-state index contributed by atoms with van der Waals surface area (Å²) in [6, 6.07) is 8.63. The van der Waals surface area contributed by atoms with Crippen LogP contribution in [-0.4, -0.2) is 9.36 Å². The molecule has 3 nitrogen and oxygen atoms in total. The summed E-state index contributed by atoms with van der Waals surface area (Å²) in [5.41, 5.74) is 2.85. The van der Waals surface area contributed by atoms with Crippen molar-refractivity contribution in [3.05, 3.63) is 41.2 Å². The van der Waals surface area contributed by atoms with Gasteiger partial charge in [-0.05, 0) is 24.0 Å². The lowest BCUT2D eigenvalue weighted by atomic mass is 10.1. The van der Waals surface area contributed by atoms with Gasteiger partial charge in [0.25, 0.3) is 0 Å². The monoisotopic (exact) mass is 243 g/mol. The highest BCUT2D eigenvalue weighted by atomic mass is 32.1. The summed E-state index contributed by atoms with van der Waals surface area (Å²) in [4.78, 5) is 7.00. The summed E-state index contributed by atoms with van der Waals surface area (Å²) in [7, 11) is 0. The lowest BCUT2D eigenvalue weighted by molar-refractivity contribution is 0.860. The van der Waals surface area contributed by atoms with E-state index in [1.54, 1.807) is 11.5 Å². The number of nitrogens with zero attached hydrogens (tertiary/aromatic N) is 3. The van der Waals surface area contributed by atoms with Crippen LogP contribution in [0.15, 0.2) is 24.3 Å². The first-order chi connectivity index (χ1) is 8.40. The minimum Gasteiger partial charge on any atom is -0.338 e. The smallest absolute Gasteiger partial charge is 0.205 e. The van der Waals surface area contributed by atoms with E-state index in [9.17, 15) is 0 Å². The maximum Gasteiger partial charge on any atom is 0.205 e. The normalized spacial score (nSPS) is 18.5. The van der Waals surface area contributed by atoms with Gasteiger partial charge >= 0.3 is 0 Å². The molecule has 0 bridgehead atoms. The average molecular weight is 243 g/mol. The van der Waals surface area contributed by atoms with E-state index in [1.807, 2.05) is 0 Å². The van der Waals surface area contributed by atoms with Crippen molar-refractivity contribution in [2.75, 3.05) is 4.90 Å². The molecular weight excluding hydrogens is 230 g/mol. The summed E-state index contributed by atoms with van der Waals surface area (Å²) in [5.74, 6) is 1.73. The van der Waals surface area contributed by atoms with E-state index in [-0.39, 0.29) is 0 Å². The first-order valence-corrected chi connectivity index (χ1v) is 6.83. The fourth-order valence-electron chi connectivity index (χ4n) is 2.33. The molecule has 1 aliphatic carbocycles. The van der Waals surface area contributed by atoms with Gasteiger partial charge in [0.1, 0.15) is 5.82 Å². The van der Waals surface area contributed by atoms with Gasteiger partial charge in [0.2, 0.25) is 5.13 Å². The van der Waals surface area contributed by atoms with Gasteiger partial charge in [-0.25, -0.2) is 4.98 Å². The second-order valence-corrected chi connectivity index (χ2v) is 5.56. The number of hydrogen-bond donors (Lipinski definition) is 0. The van der Waals surface area contributed by atoms with Crippen LogP contribution in [0, 0.1) is 0 Å². The Kier molecular flexibility index (Phi) is 1.99. The molecule has 1 aromatic carbocycles. The molecule has 0 radical (unpaired) electrons. The van der Waals surface area contributed by atoms with Crippen molar-refractivity contribution in [3.8, 4) is 0 Å². The van der Waals surface area contributed by atoms with Gasteiger partial charge in [-0.2, -0.15) is 4.37 Å². The predicted molar refractivity (Wildman–Crippen MR) is 68.2 cm³/mol. The molecule has 0 atom stereocenters. The SMILES string of the molecule is c1ccc2c(c1)CN(c1nc(C3CC3)ns1)C2. The van der Waals surface area contributed by atoms with Crippen LogP contribution in [0.25, 0.3) is 0 Å². The van der Waals surface area contributed by atoms with Gasteiger partial charge in [-0.3, -0.25) is 0 Å².